The van der Waals surface area contributed by atoms with E-state index >= 15 is 0 Å². The number of rotatable bonds is 6. The first-order valence-electron chi connectivity index (χ1n) is 6.35. The summed E-state index contributed by atoms with van der Waals surface area (Å²) in [6, 6.07) is 6.09. The van der Waals surface area contributed by atoms with Crippen LogP contribution in [0.1, 0.15) is 13.8 Å². The molecule has 0 saturated heterocycles. The highest BCUT2D eigenvalue weighted by Crippen LogP contribution is 2.23. The zero-order valence-electron chi connectivity index (χ0n) is 10.9. The summed E-state index contributed by atoms with van der Waals surface area (Å²) in [6.45, 7) is 8.21. The minimum absolute atomic E-state index is 0.537. The fourth-order valence-corrected chi connectivity index (χ4v) is 1.91. The molecule has 0 atom stereocenters. The van der Waals surface area contributed by atoms with E-state index in [4.69, 9.17) is 10.2 Å². The third-order valence-electron chi connectivity index (χ3n) is 3.05. The van der Waals surface area contributed by atoms with Crippen molar-refractivity contribution in [3.63, 3.8) is 0 Å². The quantitative estimate of drug-likeness (QED) is 0.767. The van der Waals surface area contributed by atoms with E-state index < -0.39 is 0 Å². The van der Waals surface area contributed by atoms with Crippen molar-refractivity contribution in [2.45, 2.75) is 13.8 Å². The van der Waals surface area contributed by atoms with Crippen molar-refractivity contribution in [2.75, 3.05) is 37.2 Å². The van der Waals surface area contributed by atoms with Gasteiger partial charge in [0.2, 0.25) is 0 Å². The summed E-state index contributed by atoms with van der Waals surface area (Å²) in [5.41, 5.74) is 7.92. The first-order valence-corrected chi connectivity index (χ1v) is 6.35. The molecule has 2 rings (SSSR count). The van der Waals surface area contributed by atoms with E-state index in [0.717, 1.165) is 37.3 Å². The average Bonchev–Trinajstić information content (AvgIpc) is 2.79. The molecule has 0 saturated carbocycles. The molecule has 98 valence electrons. The van der Waals surface area contributed by atoms with E-state index in [1.165, 1.54) is 0 Å². The summed E-state index contributed by atoms with van der Waals surface area (Å²) >= 11 is 0. The molecule has 0 amide bonds. The van der Waals surface area contributed by atoms with Crippen LogP contribution < -0.4 is 11.1 Å². The van der Waals surface area contributed by atoms with Gasteiger partial charge in [-0.1, -0.05) is 19.9 Å². The number of hydrogen-bond acceptors (Lipinski definition) is 5. The van der Waals surface area contributed by atoms with Crippen LogP contribution >= 0.6 is 0 Å². The van der Waals surface area contributed by atoms with Gasteiger partial charge in [-0.3, -0.25) is 0 Å². The Morgan fingerprint density at radius 2 is 2.11 bits per heavy atom. The summed E-state index contributed by atoms with van der Waals surface area (Å²) in [7, 11) is 0. The summed E-state index contributed by atoms with van der Waals surface area (Å²) < 4.78 is 5.58. The van der Waals surface area contributed by atoms with Gasteiger partial charge in [-0.25, -0.2) is 0 Å². The minimum atomic E-state index is 0.537. The van der Waals surface area contributed by atoms with Crippen LogP contribution in [-0.2, 0) is 0 Å². The Morgan fingerprint density at radius 3 is 2.78 bits per heavy atom. The van der Waals surface area contributed by atoms with E-state index in [1.54, 1.807) is 0 Å². The second kappa shape index (κ2) is 5.73. The van der Waals surface area contributed by atoms with Crippen LogP contribution in [0.3, 0.4) is 0 Å². The number of para-hydroxylation sites is 1. The van der Waals surface area contributed by atoms with Crippen molar-refractivity contribution in [3.8, 4) is 0 Å². The maximum absolute atomic E-state index is 5.83. The van der Waals surface area contributed by atoms with Crippen LogP contribution in [0.2, 0.25) is 0 Å². The SMILES string of the molecule is CCN(CC)CCNc1nc2c(N)cccc2o1. The van der Waals surface area contributed by atoms with Gasteiger partial charge in [0.05, 0.1) is 5.69 Å². The normalized spacial score (nSPS) is 11.3. The Bertz CT molecular complexity index is 505. The molecule has 5 heteroatoms. The number of fused-ring (bicyclic) bond motifs is 1. The standard InChI is InChI=1S/C13H20N4O/c1-3-17(4-2)9-8-15-13-16-12-10(14)6-5-7-11(12)18-13/h5-7H,3-4,8-9,14H2,1-2H3,(H,15,16). The minimum Gasteiger partial charge on any atom is -0.423 e. The third-order valence-corrected chi connectivity index (χ3v) is 3.05. The molecule has 0 radical (unpaired) electrons. The van der Waals surface area contributed by atoms with Crippen molar-refractivity contribution in [2.24, 2.45) is 0 Å². The number of benzene rings is 1. The van der Waals surface area contributed by atoms with Crippen molar-refractivity contribution < 1.29 is 4.42 Å². The van der Waals surface area contributed by atoms with Gasteiger partial charge in [0.25, 0.3) is 6.01 Å². The summed E-state index contributed by atoms with van der Waals surface area (Å²) in [5.74, 6) is 0. The molecule has 0 spiro atoms. The second-order valence-electron chi connectivity index (χ2n) is 4.17. The lowest BCUT2D eigenvalue weighted by atomic mass is 10.3. The van der Waals surface area contributed by atoms with E-state index in [1.807, 2.05) is 18.2 Å². The topological polar surface area (TPSA) is 67.3 Å². The Hall–Kier alpha value is -1.75. The summed E-state index contributed by atoms with van der Waals surface area (Å²) in [4.78, 5) is 6.68. The Labute approximate surface area is 107 Å². The molecule has 0 bridgehead atoms. The number of hydrogen-bond donors (Lipinski definition) is 2. The molecule has 0 unspecified atom stereocenters. The predicted octanol–water partition coefficient (Wildman–Crippen LogP) is 2.16. The van der Waals surface area contributed by atoms with Crippen LogP contribution in [0, 0.1) is 0 Å². The highest BCUT2D eigenvalue weighted by Gasteiger charge is 2.07. The van der Waals surface area contributed by atoms with Gasteiger partial charge in [-0.15, -0.1) is 0 Å². The van der Waals surface area contributed by atoms with Gasteiger partial charge < -0.3 is 20.4 Å². The van der Waals surface area contributed by atoms with E-state index in [0.29, 0.717) is 11.7 Å². The molecule has 18 heavy (non-hydrogen) atoms. The van der Waals surface area contributed by atoms with Crippen LogP contribution in [0.5, 0.6) is 0 Å². The van der Waals surface area contributed by atoms with Gasteiger partial charge in [0.15, 0.2) is 5.58 Å². The molecule has 0 aliphatic rings. The molecule has 1 aromatic heterocycles. The average molecular weight is 248 g/mol. The smallest absolute Gasteiger partial charge is 0.295 e. The zero-order valence-corrected chi connectivity index (χ0v) is 10.9. The molecule has 2 aromatic rings. The number of nitrogen functional groups attached to an aromatic ring is 1. The van der Waals surface area contributed by atoms with Gasteiger partial charge in [0, 0.05) is 13.1 Å². The molecule has 0 aliphatic carbocycles. The number of oxazole rings is 1. The molecule has 3 N–H and O–H groups in total. The van der Waals surface area contributed by atoms with Crippen molar-refractivity contribution in [1.29, 1.82) is 0 Å². The lowest BCUT2D eigenvalue weighted by Gasteiger charge is -2.17. The van der Waals surface area contributed by atoms with E-state index in [2.05, 4.69) is 29.0 Å². The number of nitrogens with zero attached hydrogens (tertiary/aromatic N) is 2. The van der Waals surface area contributed by atoms with Crippen molar-refractivity contribution in [3.05, 3.63) is 18.2 Å². The first kappa shape index (κ1) is 12.7. The fraction of sp³-hybridized carbons (Fsp3) is 0.462. The van der Waals surface area contributed by atoms with Crippen molar-refractivity contribution in [1.82, 2.24) is 9.88 Å². The number of anilines is 2. The number of likely N-dealkylation sites (N-methyl/N-ethyl adjacent to an activating group) is 1. The lowest BCUT2D eigenvalue weighted by molar-refractivity contribution is 0.315. The van der Waals surface area contributed by atoms with Crippen LogP contribution in [0.25, 0.3) is 11.1 Å². The van der Waals surface area contributed by atoms with E-state index in [-0.39, 0.29) is 0 Å². The highest BCUT2D eigenvalue weighted by atomic mass is 16.4. The Kier molecular flexibility index (Phi) is 4.04. The maximum atomic E-state index is 5.83. The molecule has 1 heterocycles. The predicted molar refractivity (Wildman–Crippen MR) is 74.7 cm³/mol. The Morgan fingerprint density at radius 1 is 1.33 bits per heavy atom. The monoisotopic (exact) mass is 248 g/mol. The Balaban J connectivity index is 1.98. The fourth-order valence-electron chi connectivity index (χ4n) is 1.91. The largest absolute Gasteiger partial charge is 0.423 e. The maximum Gasteiger partial charge on any atom is 0.295 e. The van der Waals surface area contributed by atoms with Gasteiger partial charge in [-0.05, 0) is 25.2 Å². The van der Waals surface area contributed by atoms with Gasteiger partial charge in [0.1, 0.15) is 5.52 Å². The van der Waals surface area contributed by atoms with Crippen molar-refractivity contribution >= 4 is 22.8 Å². The van der Waals surface area contributed by atoms with Crippen LogP contribution in [0.15, 0.2) is 22.6 Å². The summed E-state index contributed by atoms with van der Waals surface area (Å²) in [6.07, 6.45) is 0. The molecule has 0 fully saturated rings. The molecule has 0 aliphatic heterocycles. The zero-order chi connectivity index (χ0) is 13.0. The van der Waals surface area contributed by atoms with Gasteiger partial charge in [-0.2, -0.15) is 4.98 Å². The highest BCUT2D eigenvalue weighted by molar-refractivity contribution is 5.86. The number of nitrogens with one attached hydrogen (secondary N) is 1. The van der Waals surface area contributed by atoms with Gasteiger partial charge >= 0.3 is 0 Å². The lowest BCUT2D eigenvalue weighted by Crippen LogP contribution is -2.28. The number of aromatic nitrogens is 1. The van der Waals surface area contributed by atoms with Crippen LogP contribution in [0.4, 0.5) is 11.7 Å². The molecule has 1 aromatic carbocycles. The third kappa shape index (κ3) is 2.73. The second-order valence-corrected chi connectivity index (χ2v) is 4.17. The van der Waals surface area contributed by atoms with E-state index in [9.17, 15) is 0 Å². The molecular weight excluding hydrogens is 228 g/mol. The molecule has 5 nitrogen and oxygen atoms in total. The molecular formula is C13H20N4O. The van der Waals surface area contributed by atoms with Crippen LogP contribution in [-0.4, -0.2) is 36.1 Å². The first-order chi connectivity index (χ1) is 8.74. The number of nitrogens with two attached hydrogens (primary N) is 1. The summed E-state index contributed by atoms with van der Waals surface area (Å²) in [5, 5.41) is 3.19.